The molecule has 1 heterocycles. The Bertz CT molecular complexity index is 625. The molecular formula is C21H32FN3O2. The highest BCUT2D eigenvalue weighted by atomic mass is 19.1. The molecule has 2 atom stereocenters. The van der Waals surface area contributed by atoms with Gasteiger partial charge in [0.25, 0.3) is 0 Å². The van der Waals surface area contributed by atoms with E-state index in [9.17, 15) is 14.0 Å². The topological polar surface area (TPSA) is 66.6 Å². The molecule has 2 rings (SSSR count). The van der Waals surface area contributed by atoms with Gasteiger partial charge < -0.3 is 15.5 Å². The molecule has 0 aromatic heterocycles. The number of nitrogens with zero attached hydrogens (tertiary/aromatic N) is 2. The van der Waals surface area contributed by atoms with Crippen molar-refractivity contribution in [1.29, 1.82) is 0 Å². The molecule has 5 nitrogen and oxygen atoms in total. The summed E-state index contributed by atoms with van der Waals surface area (Å²) in [6, 6.07) is 6.43. The van der Waals surface area contributed by atoms with Gasteiger partial charge in [0, 0.05) is 43.7 Å². The number of carbonyl (C=O) groups is 2. The first-order chi connectivity index (χ1) is 12.8. The van der Waals surface area contributed by atoms with E-state index in [4.69, 9.17) is 5.73 Å². The van der Waals surface area contributed by atoms with Crippen LogP contribution < -0.4 is 10.6 Å². The smallest absolute Gasteiger partial charge is 0.226 e. The molecule has 6 heteroatoms. The van der Waals surface area contributed by atoms with Gasteiger partial charge >= 0.3 is 0 Å². The Kier molecular flexibility index (Phi) is 7.63. The number of rotatable bonds is 8. The summed E-state index contributed by atoms with van der Waals surface area (Å²) in [7, 11) is 0. The summed E-state index contributed by atoms with van der Waals surface area (Å²) in [4.78, 5) is 29.2. The number of hydrogen-bond donors (Lipinski definition) is 1. The van der Waals surface area contributed by atoms with Crippen LogP contribution in [-0.4, -0.2) is 42.9 Å². The molecule has 1 aliphatic heterocycles. The molecular weight excluding hydrogens is 345 g/mol. The van der Waals surface area contributed by atoms with E-state index in [-0.39, 0.29) is 23.5 Å². The standard InChI is InChI=1S/C21H32FN3O2/c1-4-5-18(20(23)26)19(14-15(2)3)21(27)25-12-10-24(11-13-25)17-8-6-16(22)7-9-17/h6-9,15,18-19H,4-5,10-14H2,1-3H3,(H2,23,26). The maximum absolute atomic E-state index is 13.2. The van der Waals surface area contributed by atoms with Gasteiger partial charge in [0.1, 0.15) is 5.82 Å². The molecule has 1 fully saturated rings. The second-order valence-electron chi connectivity index (χ2n) is 7.82. The number of anilines is 1. The third-order valence-electron chi connectivity index (χ3n) is 5.28. The highest BCUT2D eigenvalue weighted by Crippen LogP contribution is 2.28. The monoisotopic (exact) mass is 377 g/mol. The van der Waals surface area contributed by atoms with Crippen LogP contribution in [0.2, 0.25) is 0 Å². The van der Waals surface area contributed by atoms with E-state index >= 15 is 0 Å². The van der Waals surface area contributed by atoms with Gasteiger partial charge in [0.15, 0.2) is 0 Å². The number of carbonyl (C=O) groups excluding carboxylic acids is 2. The minimum atomic E-state index is -0.403. The molecule has 1 aliphatic rings. The van der Waals surface area contributed by atoms with Crippen LogP contribution in [-0.2, 0) is 9.59 Å². The third-order valence-corrected chi connectivity index (χ3v) is 5.28. The number of halogens is 1. The van der Waals surface area contributed by atoms with Gasteiger partial charge in [-0.3, -0.25) is 9.59 Å². The van der Waals surface area contributed by atoms with Crippen LogP contribution in [0.4, 0.5) is 10.1 Å². The van der Waals surface area contributed by atoms with Gasteiger partial charge in [-0.1, -0.05) is 27.2 Å². The largest absolute Gasteiger partial charge is 0.369 e. The fourth-order valence-electron chi connectivity index (χ4n) is 3.87. The Hall–Kier alpha value is -2.11. The summed E-state index contributed by atoms with van der Waals surface area (Å²) in [5, 5.41) is 0. The van der Waals surface area contributed by atoms with Crippen molar-refractivity contribution < 1.29 is 14.0 Å². The van der Waals surface area contributed by atoms with Crippen molar-refractivity contribution in [3.8, 4) is 0 Å². The number of benzene rings is 1. The molecule has 0 spiro atoms. The van der Waals surface area contributed by atoms with E-state index in [1.165, 1.54) is 12.1 Å². The van der Waals surface area contributed by atoms with Gasteiger partial charge in [-0.2, -0.15) is 0 Å². The summed E-state index contributed by atoms with van der Waals surface area (Å²) in [5.41, 5.74) is 6.59. The van der Waals surface area contributed by atoms with E-state index in [0.717, 1.165) is 12.1 Å². The summed E-state index contributed by atoms with van der Waals surface area (Å²) in [6.07, 6.45) is 2.15. The second-order valence-corrected chi connectivity index (χ2v) is 7.82. The highest BCUT2D eigenvalue weighted by molar-refractivity contribution is 5.87. The predicted octanol–water partition coefficient (Wildman–Crippen LogP) is 3.04. The average Bonchev–Trinajstić information content (AvgIpc) is 2.64. The predicted molar refractivity (Wildman–Crippen MR) is 106 cm³/mol. The zero-order valence-corrected chi connectivity index (χ0v) is 16.7. The van der Waals surface area contributed by atoms with Gasteiger partial charge in [0.2, 0.25) is 11.8 Å². The number of primary amides is 1. The van der Waals surface area contributed by atoms with E-state index in [1.807, 2.05) is 11.8 Å². The zero-order valence-electron chi connectivity index (χ0n) is 16.7. The first-order valence-corrected chi connectivity index (χ1v) is 9.92. The first kappa shape index (κ1) is 21.2. The number of piperazine rings is 1. The molecule has 0 saturated carbocycles. The Morgan fingerprint density at radius 1 is 1.07 bits per heavy atom. The summed E-state index contributed by atoms with van der Waals surface area (Å²) in [6.45, 7) is 8.73. The van der Waals surface area contributed by atoms with E-state index in [1.54, 1.807) is 12.1 Å². The fourth-order valence-corrected chi connectivity index (χ4v) is 3.87. The van der Waals surface area contributed by atoms with Crippen LogP contribution in [0.3, 0.4) is 0 Å². The van der Waals surface area contributed by atoms with Gasteiger partial charge in [-0.05, 0) is 43.0 Å². The SMILES string of the molecule is CCCC(C(N)=O)C(CC(C)C)C(=O)N1CCN(c2ccc(F)cc2)CC1. The van der Waals surface area contributed by atoms with Crippen molar-refractivity contribution >= 4 is 17.5 Å². The lowest BCUT2D eigenvalue weighted by atomic mass is 9.81. The zero-order chi connectivity index (χ0) is 20.0. The molecule has 1 aromatic carbocycles. The van der Waals surface area contributed by atoms with Gasteiger partial charge in [-0.25, -0.2) is 4.39 Å². The Morgan fingerprint density at radius 3 is 2.15 bits per heavy atom. The van der Waals surface area contributed by atoms with Gasteiger partial charge in [-0.15, -0.1) is 0 Å². The molecule has 2 unspecified atom stereocenters. The molecule has 150 valence electrons. The molecule has 1 aromatic rings. The average molecular weight is 378 g/mol. The second kappa shape index (κ2) is 9.72. The minimum absolute atomic E-state index is 0.0414. The summed E-state index contributed by atoms with van der Waals surface area (Å²) in [5.74, 6) is -1.02. The highest BCUT2D eigenvalue weighted by Gasteiger charge is 2.35. The van der Waals surface area contributed by atoms with Crippen molar-refractivity contribution in [3.05, 3.63) is 30.1 Å². The van der Waals surface area contributed by atoms with Gasteiger partial charge in [0.05, 0.1) is 0 Å². The third kappa shape index (κ3) is 5.68. The lowest BCUT2D eigenvalue weighted by Crippen LogP contribution is -2.52. The van der Waals surface area contributed by atoms with Crippen LogP contribution in [0.15, 0.2) is 24.3 Å². The molecule has 2 amide bonds. The van der Waals surface area contributed by atoms with E-state index in [0.29, 0.717) is 44.9 Å². The Morgan fingerprint density at radius 2 is 1.67 bits per heavy atom. The normalized spacial score (nSPS) is 17.1. The molecule has 2 N–H and O–H groups in total. The van der Waals surface area contributed by atoms with Crippen LogP contribution in [0, 0.1) is 23.6 Å². The quantitative estimate of drug-likeness (QED) is 0.757. The lowest BCUT2D eigenvalue weighted by Gasteiger charge is -2.39. The number of amides is 2. The minimum Gasteiger partial charge on any atom is -0.369 e. The van der Waals surface area contributed by atoms with Crippen molar-refractivity contribution in [2.45, 2.75) is 40.0 Å². The van der Waals surface area contributed by atoms with Crippen molar-refractivity contribution in [1.82, 2.24) is 4.90 Å². The van der Waals surface area contributed by atoms with Crippen molar-refractivity contribution in [2.24, 2.45) is 23.5 Å². The molecule has 0 radical (unpaired) electrons. The van der Waals surface area contributed by atoms with E-state index in [2.05, 4.69) is 18.7 Å². The summed E-state index contributed by atoms with van der Waals surface area (Å²) >= 11 is 0. The van der Waals surface area contributed by atoms with Crippen molar-refractivity contribution in [3.63, 3.8) is 0 Å². The van der Waals surface area contributed by atoms with Crippen LogP contribution in [0.25, 0.3) is 0 Å². The first-order valence-electron chi connectivity index (χ1n) is 9.92. The molecule has 0 bridgehead atoms. The lowest BCUT2D eigenvalue weighted by molar-refractivity contribution is -0.142. The maximum atomic E-state index is 13.2. The fraction of sp³-hybridized carbons (Fsp3) is 0.619. The summed E-state index contributed by atoms with van der Waals surface area (Å²) < 4.78 is 13.1. The Labute approximate surface area is 161 Å². The number of nitrogens with two attached hydrogens (primary N) is 1. The van der Waals surface area contributed by atoms with E-state index < -0.39 is 5.92 Å². The van der Waals surface area contributed by atoms with Crippen LogP contribution >= 0.6 is 0 Å². The van der Waals surface area contributed by atoms with Crippen LogP contribution in [0.1, 0.15) is 40.0 Å². The van der Waals surface area contributed by atoms with Crippen LogP contribution in [0.5, 0.6) is 0 Å². The maximum Gasteiger partial charge on any atom is 0.226 e. The Balaban J connectivity index is 2.05. The molecule has 1 saturated heterocycles. The number of hydrogen-bond acceptors (Lipinski definition) is 3. The molecule has 0 aliphatic carbocycles. The molecule has 27 heavy (non-hydrogen) atoms. The van der Waals surface area contributed by atoms with Crippen molar-refractivity contribution in [2.75, 3.05) is 31.1 Å².